The molecule has 0 fully saturated rings. The van der Waals surface area contributed by atoms with Crippen molar-refractivity contribution in [2.45, 2.75) is 13.3 Å². The lowest BCUT2D eigenvalue weighted by molar-refractivity contribution is -0.115. The number of thiazole rings is 1. The molecule has 3 aromatic rings. The molecule has 0 atom stereocenters. The number of hydrogen-bond donors (Lipinski definition) is 1. The normalized spacial score (nSPS) is 10.5. The number of aromatic nitrogens is 1. The topological polar surface area (TPSA) is 51.2 Å². The number of benzene rings is 2. The van der Waals surface area contributed by atoms with Gasteiger partial charge in [0, 0.05) is 15.5 Å². The molecule has 2 aromatic carbocycles. The van der Waals surface area contributed by atoms with Gasteiger partial charge in [-0.05, 0) is 37.3 Å². The zero-order chi connectivity index (χ0) is 17.6. The molecule has 128 valence electrons. The summed E-state index contributed by atoms with van der Waals surface area (Å²) in [5.74, 6) is 0.720. The third-order valence-corrected chi connectivity index (χ3v) is 4.84. The molecule has 0 saturated carbocycles. The van der Waals surface area contributed by atoms with Crippen LogP contribution in [0.15, 0.2) is 58.4 Å². The molecular formula is C19H17BrN2O2S. The first kappa shape index (κ1) is 17.6. The van der Waals surface area contributed by atoms with E-state index in [9.17, 15) is 4.79 Å². The Balaban J connectivity index is 1.70. The summed E-state index contributed by atoms with van der Waals surface area (Å²) >= 11 is 4.91. The predicted molar refractivity (Wildman–Crippen MR) is 105 cm³/mol. The van der Waals surface area contributed by atoms with Gasteiger partial charge in [-0.1, -0.05) is 34.1 Å². The van der Waals surface area contributed by atoms with Crippen LogP contribution in [-0.2, 0) is 11.2 Å². The lowest BCUT2D eigenvalue weighted by Crippen LogP contribution is -2.14. The van der Waals surface area contributed by atoms with Crippen molar-refractivity contribution in [1.82, 2.24) is 4.98 Å². The van der Waals surface area contributed by atoms with E-state index in [1.807, 2.05) is 60.8 Å². The van der Waals surface area contributed by atoms with Gasteiger partial charge in [-0.15, -0.1) is 11.3 Å². The van der Waals surface area contributed by atoms with E-state index >= 15 is 0 Å². The van der Waals surface area contributed by atoms with E-state index < -0.39 is 0 Å². The number of carbonyl (C=O) groups is 1. The zero-order valence-corrected chi connectivity index (χ0v) is 16.1. The number of halogens is 1. The molecule has 0 unspecified atom stereocenters. The molecule has 25 heavy (non-hydrogen) atoms. The summed E-state index contributed by atoms with van der Waals surface area (Å²) in [5.41, 5.74) is 2.46. The highest BCUT2D eigenvalue weighted by Crippen LogP contribution is 2.32. The van der Waals surface area contributed by atoms with Crippen molar-refractivity contribution < 1.29 is 9.53 Å². The van der Waals surface area contributed by atoms with Gasteiger partial charge in [-0.3, -0.25) is 4.79 Å². The molecule has 1 amide bonds. The fraction of sp³-hybridized carbons (Fsp3) is 0.158. The number of para-hydroxylation sites is 1. The average Bonchev–Trinajstić information content (AvgIpc) is 3.04. The average molecular weight is 417 g/mol. The molecule has 1 heterocycles. The van der Waals surface area contributed by atoms with E-state index in [0.29, 0.717) is 6.61 Å². The van der Waals surface area contributed by atoms with E-state index in [2.05, 4.69) is 26.2 Å². The molecule has 0 bridgehead atoms. The number of amides is 1. The highest BCUT2D eigenvalue weighted by molar-refractivity contribution is 9.10. The number of rotatable bonds is 6. The van der Waals surface area contributed by atoms with E-state index in [0.717, 1.165) is 32.2 Å². The molecule has 1 N–H and O–H groups in total. The van der Waals surface area contributed by atoms with Gasteiger partial charge in [0.1, 0.15) is 10.8 Å². The second-order valence-electron chi connectivity index (χ2n) is 5.31. The van der Waals surface area contributed by atoms with Crippen LogP contribution < -0.4 is 10.1 Å². The lowest BCUT2D eigenvalue weighted by atomic mass is 10.2. The first-order chi connectivity index (χ1) is 12.2. The summed E-state index contributed by atoms with van der Waals surface area (Å²) in [5, 5.41) is 5.65. The van der Waals surface area contributed by atoms with Crippen LogP contribution in [0.1, 0.15) is 12.6 Å². The van der Waals surface area contributed by atoms with E-state index in [4.69, 9.17) is 4.74 Å². The largest absolute Gasteiger partial charge is 0.493 e. The van der Waals surface area contributed by atoms with Crippen molar-refractivity contribution in [2.24, 2.45) is 0 Å². The molecular weight excluding hydrogens is 400 g/mol. The third kappa shape index (κ3) is 4.67. The number of ether oxygens (including phenoxy) is 1. The fourth-order valence-corrected chi connectivity index (χ4v) is 3.62. The monoisotopic (exact) mass is 416 g/mol. The van der Waals surface area contributed by atoms with Crippen LogP contribution in [0.4, 0.5) is 5.69 Å². The molecule has 4 nitrogen and oxygen atoms in total. The highest BCUT2D eigenvalue weighted by Gasteiger charge is 2.12. The second kappa shape index (κ2) is 8.27. The maximum absolute atomic E-state index is 12.2. The molecule has 0 aliphatic carbocycles. The van der Waals surface area contributed by atoms with Crippen LogP contribution >= 0.6 is 27.3 Å². The van der Waals surface area contributed by atoms with Crippen molar-refractivity contribution in [1.29, 1.82) is 0 Å². The van der Waals surface area contributed by atoms with Crippen molar-refractivity contribution in [2.75, 3.05) is 11.9 Å². The predicted octanol–water partition coefficient (Wildman–Crippen LogP) is 5.15. The molecule has 0 aliphatic heterocycles. The van der Waals surface area contributed by atoms with Crippen LogP contribution in [0.5, 0.6) is 5.75 Å². The van der Waals surface area contributed by atoms with Crippen LogP contribution in [0, 0.1) is 0 Å². The standard InChI is InChI=1S/C19H17BrN2O2S/c1-2-24-17-9-4-3-8-16(17)19-22-15(12-25-19)11-18(23)21-14-7-5-6-13(20)10-14/h3-10,12H,2,11H2,1H3,(H,21,23). The number of nitrogens with zero attached hydrogens (tertiary/aromatic N) is 1. The van der Waals surface area contributed by atoms with E-state index in [-0.39, 0.29) is 12.3 Å². The van der Waals surface area contributed by atoms with Gasteiger partial charge >= 0.3 is 0 Å². The molecule has 3 rings (SSSR count). The summed E-state index contributed by atoms with van der Waals surface area (Å²) in [6.07, 6.45) is 0.236. The maximum atomic E-state index is 12.2. The summed E-state index contributed by atoms with van der Waals surface area (Å²) < 4.78 is 6.58. The van der Waals surface area contributed by atoms with Gasteiger partial charge < -0.3 is 10.1 Å². The number of nitrogens with one attached hydrogen (secondary N) is 1. The molecule has 6 heteroatoms. The Morgan fingerprint density at radius 2 is 2.08 bits per heavy atom. The van der Waals surface area contributed by atoms with Gasteiger partial charge in [0.25, 0.3) is 0 Å². The summed E-state index contributed by atoms with van der Waals surface area (Å²) in [6.45, 7) is 2.56. The Morgan fingerprint density at radius 3 is 2.88 bits per heavy atom. The van der Waals surface area contributed by atoms with Crippen LogP contribution in [0.25, 0.3) is 10.6 Å². The first-order valence-electron chi connectivity index (χ1n) is 7.87. The maximum Gasteiger partial charge on any atom is 0.230 e. The summed E-state index contributed by atoms with van der Waals surface area (Å²) in [6, 6.07) is 15.3. The Labute approximate surface area is 159 Å². The second-order valence-corrected chi connectivity index (χ2v) is 7.08. The molecule has 0 aliphatic rings. The van der Waals surface area contributed by atoms with Crippen LogP contribution in [0.3, 0.4) is 0 Å². The minimum atomic E-state index is -0.0898. The Hall–Kier alpha value is -2.18. The van der Waals surface area contributed by atoms with Crippen molar-refractivity contribution in [3.05, 3.63) is 64.1 Å². The molecule has 0 spiro atoms. The van der Waals surface area contributed by atoms with Gasteiger partial charge in [-0.2, -0.15) is 0 Å². The SMILES string of the molecule is CCOc1ccccc1-c1nc(CC(=O)Nc2cccc(Br)c2)cs1. The number of anilines is 1. The van der Waals surface area contributed by atoms with Crippen LogP contribution in [0.2, 0.25) is 0 Å². The first-order valence-corrected chi connectivity index (χ1v) is 9.55. The van der Waals surface area contributed by atoms with Gasteiger partial charge in [-0.25, -0.2) is 4.98 Å². The van der Waals surface area contributed by atoms with Crippen LogP contribution in [-0.4, -0.2) is 17.5 Å². The van der Waals surface area contributed by atoms with Crippen molar-refractivity contribution in [3.8, 4) is 16.3 Å². The van der Waals surface area contributed by atoms with E-state index in [1.165, 1.54) is 11.3 Å². The Bertz CT molecular complexity index is 879. The van der Waals surface area contributed by atoms with Gasteiger partial charge in [0.05, 0.1) is 24.3 Å². The molecule has 0 radical (unpaired) electrons. The highest BCUT2D eigenvalue weighted by atomic mass is 79.9. The Morgan fingerprint density at radius 1 is 1.24 bits per heavy atom. The van der Waals surface area contributed by atoms with Gasteiger partial charge in [0.2, 0.25) is 5.91 Å². The van der Waals surface area contributed by atoms with Gasteiger partial charge in [0.15, 0.2) is 0 Å². The Kier molecular flexibility index (Phi) is 5.83. The minimum absolute atomic E-state index is 0.0898. The smallest absolute Gasteiger partial charge is 0.230 e. The van der Waals surface area contributed by atoms with Crippen molar-refractivity contribution in [3.63, 3.8) is 0 Å². The fourth-order valence-electron chi connectivity index (χ4n) is 2.37. The minimum Gasteiger partial charge on any atom is -0.493 e. The lowest BCUT2D eigenvalue weighted by Gasteiger charge is -2.07. The van der Waals surface area contributed by atoms with E-state index in [1.54, 1.807) is 0 Å². The number of carbonyl (C=O) groups excluding carboxylic acids is 1. The molecule has 0 saturated heterocycles. The number of hydrogen-bond acceptors (Lipinski definition) is 4. The van der Waals surface area contributed by atoms with Crippen molar-refractivity contribution >= 4 is 38.9 Å². The zero-order valence-electron chi connectivity index (χ0n) is 13.7. The summed E-state index contributed by atoms with van der Waals surface area (Å²) in [7, 11) is 0. The quantitative estimate of drug-likeness (QED) is 0.603. The third-order valence-electron chi connectivity index (χ3n) is 3.42. The molecule has 1 aromatic heterocycles. The summed E-state index contributed by atoms with van der Waals surface area (Å²) in [4.78, 5) is 16.8.